The van der Waals surface area contributed by atoms with Crippen molar-refractivity contribution in [3.8, 4) is 5.88 Å². The molecule has 0 radical (unpaired) electrons. The number of rotatable bonds is 2. The van der Waals surface area contributed by atoms with Crippen molar-refractivity contribution >= 4 is 5.78 Å². The predicted molar refractivity (Wildman–Crippen MR) is 38.6 cm³/mol. The fourth-order valence-corrected chi connectivity index (χ4v) is 0.644. The van der Waals surface area contributed by atoms with Gasteiger partial charge >= 0.3 is 0 Å². The molecule has 11 heavy (non-hydrogen) atoms. The van der Waals surface area contributed by atoms with E-state index in [2.05, 4.69) is 9.97 Å². The Morgan fingerprint density at radius 1 is 1.55 bits per heavy atom. The summed E-state index contributed by atoms with van der Waals surface area (Å²) in [5.74, 6) is 0.316. The van der Waals surface area contributed by atoms with Crippen LogP contribution in [0.25, 0.3) is 0 Å². The standard InChI is InChI=1S/C7H8N2O2/c1-5(10)6-3-7(11-2)9-4-8-6/h3-4H,1-2H3. The van der Waals surface area contributed by atoms with Gasteiger partial charge in [-0.3, -0.25) is 4.79 Å². The van der Waals surface area contributed by atoms with Gasteiger partial charge in [0.25, 0.3) is 0 Å². The summed E-state index contributed by atoms with van der Waals surface area (Å²) in [5, 5.41) is 0. The van der Waals surface area contributed by atoms with Crippen LogP contribution in [0.4, 0.5) is 0 Å². The lowest BCUT2D eigenvalue weighted by molar-refractivity contribution is 0.101. The molecule has 0 amide bonds. The molecule has 0 saturated carbocycles. The fourth-order valence-electron chi connectivity index (χ4n) is 0.644. The Bertz CT molecular complexity index is 273. The minimum absolute atomic E-state index is 0.0919. The molecule has 1 aromatic heterocycles. The molecule has 0 aliphatic heterocycles. The maximum Gasteiger partial charge on any atom is 0.216 e. The highest BCUT2D eigenvalue weighted by molar-refractivity contribution is 5.92. The van der Waals surface area contributed by atoms with Crippen molar-refractivity contribution in [3.05, 3.63) is 18.1 Å². The number of aromatic nitrogens is 2. The van der Waals surface area contributed by atoms with Crippen molar-refractivity contribution in [2.45, 2.75) is 6.92 Å². The SMILES string of the molecule is COc1cc(C(C)=O)ncn1. The van der Waals surface area contributed by atoms with E-state index in [4.69, 9.17) is 4.74 Å². The number of carbonyl (C=O) groups is 1. The lowest BCUT2D eigenvalue weighted by Crippen LogP contribution is -1.98. The number of ketones is 1. The van der Waals surface area contributed by atoms with Crippen LogP contribution in [0.1, 0.15) is 17.4 Å². The van der Waals surface area contributed by atoms with Crippen LogP contribution in [0.15, 0.2) is 12.4 Å². The Morgan fingerprint density at radius 3 is 2.82 bits per heavy atom. The number of ether oxygens (including phenoxy) is 1. The number of hydrogen-bond donors (Lipinski definition) is 0. The van der Waals surface area contributed by atoms with Gasteiger partial charge < -0.3 is 4.74 Å². The van der Waals surface area contributed by atoms with Gasteiger partial charge in [-0.2, -0.15) is 0 Å². The molecule has 0 bridgehead atoms. The first-order chi connectivity index (χ1) is 5.24. The van der Waals surface area contributed by atoms with Crippen LogP contribution >= 0.6 is 0 Å². The number of methoxy groups -OCH3 is 1. The summed E-state index contributed by atoms with van der Waals surface area (Å²) in [4.78, 5) is 18.3. The number of Topliss-reactive ketones (excluding diaryl/α,β-unsaturated/α-hetero) is 1. The smallest absolute Gasteiger partial charge is 0.216 e. The quantitative estimate of drug-likeness (QED) is 0.585. The number of carbonyl (C=O) groups excluding carboxylic acids is 1. The molecule has 0 unspecified atom stereocenters. The van der Waals surface area contributed by atoms with Crippen LogP contribution < -0.4 is 4.74 Å². The third-order valence-corrected chi connectivity index (χ3v) is 1.21. The lowest BCUT2D eigenvalue weighted by atomic mass is 10.3. The molecule has 0 spiro atoms. The summed E-state index contributed by atoms with van der Waals surface area (Å²) < 4.78 is 4.80. The largest absolute Gasteiger partial charge is 0.481 e. The summed E-state index contributed by atoms with van der Waals surface area (Å²) in [5.41, 5.74) is 0.372. The van der Waals surface area contributed by atoms with Gasteiger partial charge in [-0.25, -0.2) is 9.97 Å². The summed E-state index contributed by atoms with van der Waals surface area (Å²) >= 11 is 0. The highest BCUT2D eigenvalue weighted by Crippen LogP contribution is 2.05. The molecule has 0 aliphatic rings. The van der Waals surface area contributed by atoms with E-state index >= 15 is 0 Å². The van der Waals surface area contributed by atoms with Crippen molar-refractivity contribution in [1.29, 1.82) is 0 Å². The highest BCUT2D eigenvalue weighted by atomic mass is 16.5. The molecule has 0 N–H and O–H groups in total. The maximum absolute atomic E-state index is 10.8. The van der Waals surface area contributed by atoms with Crippen LogP contribution in [0.2, 0.25) is 0 Å². The summed E-state index contributed by atoms with van der Waals surface area (Å²) in [6, 6.07) is 1.50. The lowest BCUT2D eigenvalue weighted by Gasteiger charge is -1.97. The minimum Gasteiger partial charge on any atom is -0.481 e. The second-order valence-corrected chi connectivity index (χ2v) is 2.00. The monoisotopic (exact) mass is 152 g/mol. The topological polar surface area (TPSA) is 52.1 Å². The third-order valence-electron chi connectivity index (χ3n) is 1.21. The highest BCUT2D eigenvalue weighted by Gasteiger charge is 2.01. The van der Waals surface area contributed by atoms with E-state index in [1.807, 2.05) is 0 Å². The normalized spacial score (nSPS) is 9.27. The molecule has 4 heteroatoms. The predicted octanol–water partition coefficient (Wildman–Crippen LogP) is 0.688. The molecule has 1 heterocycles. The molecular formula is C7H8N2O2. The maximum atomic E-state index is 10.8. The zero-order valence-corrected chi connectivity index (χ0v) is 6.37. The van der Waals surface area contributed by atoms with Crippen LogP contribution in [0.3, 0.4) is 0 Å². The molecule has 0 atom stereocenters. The van der Waals surface area contributed by atoms with Gasteiger partial charge in [0, 0.05) is 13.0 Å². The third kappa shape index (κ3) is 1.73. The van der Waals surface area contributed by atoms with Crippen molar-refractivity contribution in [2.75, 3.05) is 7.11 Å². The van der Waals surface area contributed by atoms with E-state index in [9.17, 15) is 4.79 Å². The van der Waals surface area contributed by atoms with Gasteiger partial charge in [-0.05, 0) is 0 Å². The fraction of sp³-hybridized carbons (Fsp3) is 0.286. The first kappa shape index (κ1) is 7.65. The van der Waals surface area contributed by atoms with E-state index in [1.165, 1.54) is 26.4 Å². The second-order valence-electron chi connectivity index (χ2n) is 2.00. The van der Waals surface area contributed by atoms with E-state index < -0.39 is 0 Å². The zero-order valence-electron chi connectivity index (χ0n) is 6.37. The van der Waals surface area contributed by atoms with E-state index in [1.54, 1.807) is 0 Å². The summed E-state index contributed by atoms with van der Waals surface area (Å²) in [6.45, 7) is 1.45. The zero-order chi connectivity index (χ0) is 8.27. The van der Waals surface area contributed by atoms with Gasteiger partial charge in [0.05, 0.1) is 7.11 Å². The molecule has 4 nitrogen and oxygen atoms in total. The van der Waals surface area contributed by atoms with Crippen LogP contribution in [-0.2, 0) is 0 Å². The molecule has 0 aromatic carbocycles. The van der Waals surface area contributed by atoms with Crippen molar-refractivity contribution in [1.82, 2.24) is 9.97 Å². The number of hydrogen-bond acceptors (Lipinski definition) is 4. The van der Waals surface area contributed by atoms with Crippen LogP contribution in [0.5, 0.6) is 5.88 Å². The molecule has 0 aliphatic carbocycles. The van der Waals surface area contributed by atoms with Gasteiger partial charge in [0.2, 0.25) is 5.88 Å². The molecule has 1 aromatic rings. The molecule has 0 saturated heterocycles. The van der Waals surface area contributed by atoms with E-state index in [0.717, 1.165) is 0 Å². The Hall–Kier alpha value is -1.45. The van der Waals surface area contributed by atoms with Gasteiger partial charge in [-0.15, -0.1) is 0 Å². The second kappa shape index (κ2) is 3.09. The summed E-state index contributed by atoms with van der Waals surface area (Å²) in [7, 11) is 1.49. The molecule has 0 fully saturated rings. The Kier molecular flexibility index (Phi) is 2.15. The molecular weight excluding hydrogens is 144 g/mol. The number of nitrogens with zero attached hydrogens (tertiary/aromatic N) is 2. The first-order valence-electron chi connectivity index (χ1n) is 3.11. The van der Waals surface area contributed by atoms with Gasteiger partial charge in [0.15, 0.2) is 5.78 Å². The minimum atomic E-state index is -0.0919. The average molecular weight is 152 g/mol. The molecule has 58 valence electrons. The Morgan fingerprint density at radius 2 is 2.27 bits per heavy atom. The Balaban J connectivity index is 3.01. The Labute approximate surface area is 64.2 Å². The van der Waals surface area contributed by atoms with Crippen molar-refractivity contribution in [2.24, 2.45) is 0 Å². The molecule has 1 rings (SSSR count). The van der Waals surface area contributed by atoms with Gasteiger partial charge in [-0.1, -0.05) is 0 Å². The average Bonchev–Trinajstić information content (AvgIpc) is 2.05. The van der Waals surface area contributed by atoms with Gasteiger partial charge in [0.1, 0.15) is 12.0 Å². The van der Waals surface area contributed by atoms with Crippen LogP contribution in [0, 0.1) is 0 Å². The van der Waals surface area contributed by atoms with Crippen LogP contribution in [-0.4, -0.2) is 22.9 Å². The van der Waals surface area contributed by atoms with E-state index in [0.29, 0.717) is 11.6 Å². The van der Waals surface area contributed by atoms with Crippen molar-refractivity contribution in [3.63, 3.8) is 0 Å². The summed E-state index contributed by atoms with van der Waals surface area (Å²) in [6.07, 6.45) is 1.30. The van der Waals surface area contributed by atoms with E-state index in [-0.39, 0.29) is 5.78 Å². The van der Waals surface area contributed by atoms with Crippen molar-refractivity contribution < 1.29 is 9.53 Å². The first-order valence-corrected chi connectivity index (χ1v) is 3.11.